The van der Waals surface area contributed by atoms with Crippen LogP contribution < -0.4 is 15.0 Å². The molecule has 202 valence electrons. The summed E-state index contributed by atoms with van der Waals surface area (Å²) in [5.74, 6) is 0.462. The molecule has 1 amide bonds. The van der Waals surface area contributed by atoms with Gasteiger partial charge in [-0.1, -0.05) is 66.7 Å². The molecular weight excluding hydrogens is 500 g/mol. The number of likely N-dealkylation sites (tertiary alicyclic amines) is 1. The smallest absolute Gasteiger partial charge is 0.227 e. The first-order valence-electron chi connectivity index (χ1n) is 12.8. The van der Waals surface area contributed by atoms with E-state index in [4.69, 9.17) is 4.74 Å². The van der Waals surface area contributed by atoms with Crippen LogP contribution in [-0.4, -0.2) is 57.1 Å². The van der Waals surface area contributed by atoms with Crippen molar-refractivity contribution in [2.24, 2.45) is 0 Å². The van der Waals surface area contributed by atoms with E-state index < -0.39 is 10.0 Å². The number of benzene rings is 3. The largest absolute Gasteiger partial charge is 0.487 e. The highest BCUT2D eigenvalue weighted by Gasteiger charge is 2.25. The van der Waals surface area contributed by atoms with Crippen LogP contribution in [0.15, 0.2) is 78.9 Å². The number of nitrogens with zero attached hydrogens (tertiary/aromatic N) is 2. The van der Waals surface area contributed by atoms with Crippen molar-refractivity contribution in [1.82, 2.24) is 14.6 Å². The number of carbonyl (C=O) groups is 1. The van der Waals surface area contributed by atoms with Gasteiger partial charge in [0.25, 0.3) is 0 Å². The van der Waals surface area contributed by atoms with Gasteiger partial charge in [0.2, 0.25) is 15.9 Å². The molecule has 1 fully saturated rings. The van der Waals surface area contributed by atoms with Gasteiger partial charge in [0, 0.05) is 13.6 Å². The van der Waals surface area contributed by atoms with Gasteiger partial charge < -0.3 is 20.0 Å². The lowest BCUT2D eigenvalue weighted by Gasteiger charge is -2.32. The van der Waals surface area contributed by atoms with Crippen molar-refractivity contribution in [3.63, 3.8) is 0 Å². The van der Waals surface area contributed by atoms with E-state index in [0.717, 1.165) is 42.6 Å². The molecule has 0 aromatic heterocycles. The van der Waals surface area contributed by atoms with Crippen molar-refractivity contribution in [1.29, 1.82) is 0 Å². The first-order valence-corrected chi connectivity index (χ1v) is 14.7. The molecule has 3 aromatic carbocycles. The Hall–Kier alpha value is -3.40. The first kappa shape index (κ1) is 27.6. The number of rotatable bonds is 12. The van der Waals surface area contributed by atoms with E-state index in [9.17, 15) is 13.2 Å². The minimum absolute atomic E-state index is 0.0157. The molecule has 0 unspecified atom stereocenters. The SMILES string of the molecule is CN(C(=O)Cc1ccc(OCc2ccccc2)c(NNS(C)(=O)=O)c1)[C@H](CN1CCCC1)c1ccccc1. The second kappa shape index (κ2) is 12.9. The number of hydrogen-bond acceptors (Lipinski definition) is 6. The van der Waals surface area contributed by atoms with Crippen molar-refractivity contribution < 1.29 is 17.9 Å². The minimum Gasteiger partial charge on any atom is -0.487 e. The van der Waals surface area contributed by atoms with Crippen LogP contribution in [0.2, 0.25) is 0 Å². The number of hydrogen-bond donors (Lipinski definition) is 2. The Morgan fingerprint density at radius 3 is 2.29 bits per heavy atom. The van der Waals surface area contributed by atoms with Crippen LogP contribution in [0.4, 0.5) is 5.69 Å². The van der Waals surface area contributed by atoms with Gasteiger partial charge in [0.15, 0.2) is 0 Å². The van der Waals surface area contributed by atoms with Gasteiger partial charge in [-0.25, -0.2) is 8.42 Å². The maximum Gasteiger partial charge on any atom is 0.227 e. The van der Waals surface area contributed by atoms with Gasteiger partial charge in [-0.15, -0.1) is 4.83 Å². The number of carbonyl (C=O) groups excluding carboxylic acids is 1. The van der Waals surface area contributed by atoms with Crippen LogP contribution in [0.3, 0.4) is 0 Å². The molecule has 1 aliphatic heterocycles. The summed E-state index contributed by atoms with van der Waals surface area (Å²) in [6, 6.07) is 25.1. The van der Waals surface area contributed by atoms with Crippen LogP contribution in [0.25, 0.3) is 0 Å². The van der Waals surface area contributed by atoms with Crippen LogP contribution in [0.5, 0.6) is 5.75 Å². The highest BCUT2D eigenvalue weighted by atomic mass is 32.2. The Morgan fingerprint density at radius 2 is 1.63 bits per heavy atom. The van der Waals surface area contributed by atoms with E-state index in [1.807, 2.05) is 66.5 Å². The Labute approximate surface area is 225 Å². The van der Waals surface area contributed by atoms with Crippen molar-refractivity contribution >= 4 is 21.6 Å². The van der Waals surface area contributed by atoms with Gasteiger partial charge in [-0.05, 0) is 54.8 Å². The molecule has 8 nitrogen and oxygen atoms in total. The molecule has 1 atom stereocenters. The normalized spacial score (nSPS) is 14.7. The number of nitrogens with one attached hydrogen (secondary N) is 2. The van der Waals surface area contributed by atoms with Crippen molar-refractivity contribution in [3.8, 4) is 5.75 Å². The summed E-state index contributed by atoms with van der Waals surface area (Å²) in [5.41, 5.74) is 6.02. The highest BCUT2D eigenvalue weighted by Crippen LogP contribution is 2.28. The molecule has 2 N–H and O–H groups in total. The van der Waals surface area contributed by atoms with Gasteiger partial charge in [-0.2, -0.15) is 0 Å². The molecule has 1 saturated heterocycles. The maximum absolute atomic E-state index is 13.5. The Bertz CT molecular complexity index is 1300. The molecular formula is C29H36N4O4S. The molecule has 4 rings (SSSR count). The number of ether oxygens (including phenoxy) is 1. The Kier molecular flexibility index (Phi) is 9.38. The van der Waals surface area contributed by atoms with E-state index in [1.165, 1.54) is 12.8 Å². The fourth-order valence-electron chi connectivity index (χ4n) is 4.60. The second-order valence-electron chi connectivity index (χ2n) is 9.72. The molecule has 1 aliphatic rings. The summed E-state index contributed by atoms with van der Waals surface area (Å²) in [7, 11) is -1.65. The van der Waals surface area contributed by atoms with E-state index >= 15 is 0 Å². The maximum atomic E-state index is 13.5. The lowest BCUT2D eigenvalue weighted by molar-refractivity contribution is -0.131. The summed E-state index contributed by atoms with van der Waals surface area (Å²) in [5, 5.41) is 0. The zero-order valence-electron chi connectivity index (χ0n) is 22.0. The monoisotopic (exact) mass is 536 g/mol. The zero-order valence-corrected chi connectivity index (χ0v) is 22.8. The number of hydrazine groups is 1. The predicted octanol–water partition coefficient (Wildman–Crippen LogP) is 3.98. The van der Waals surface area contributed by atoms with Gasteiger partial charge >= 0.3 is 0 Å². The fraction of sp³-hybridized carbons (Fsp3) is 0.345. The number of anilines is 1. The summed E-state index contributed by atoms with van der Waals surface area (Å²) >= 11 is 0. The van der Waals surface area contributed by atoms with Crippen molar-refractivity contribution in [2.45, 2.75) is 31.9 Å². The Morgan fingerprint density at radius 1 is 0.974 bits per heavy atom. The lowest BCUT2D eigenvalue weighted by Crippen LogP contribution is -2.39. The summed E-state index contributed by atoms with van der Waals surface area (Å²) in [6.07, 6.45) is 3.62. The average molecular weight is 537 g/mol. The summed E-state index contributed by atoms with van der Waals surface area (Å²) in [6.45, 7) is 3.23. The first-order chi connectivity index (χ1) is 18.3. The second-order valence-corrected chi connectivity index (χ2v) is 11.5. The van der Waals surface area contributed by atoms with Crippen LogP contribution >= 0.6 is 0 Å². The zero-order chi connectivity index (χ0) is 27.0. The van der Waals surface area contributed by atoms with E-state index in [-0.39, 0.29) is 18.4 Å². The molecule has 38 heavy (non-hydrogen) atoms. The van der Waals surface area contributed by atoms with Crippen molar-refractivity contribution in [3.05, 3.63) is 95.6 Å². The summed E-state index contributed by atoms with van der Waals surface area (Å²) in [4.78, 5) is 20.0. The molecule has 0 saturated carbocycles. The van der Waals surface area contributed by atoms with Crippen LogP contribution in [-0.2, 0) is 27.8 Å². The number of amides is 1. The van der Waals surface area contributed by atoms with Gasteiger partial charge in [0.05, 0.1) is 24.4 Å². The third-order valence-electron chi connectivity index (χ3n) is 6.68. The van der Waals surface area contributed by atoms with Crippen molar-refractivity contribution in [2.75, 3.05) is 38.4 Å². The van der Waals surface area contributed by atoms with E-state index in [1.54, 1.807) is 12.1 Å². The van der Waals surface area contributed by atoms with Gasteiger partial charge in [-0.3, -0.25) is 4.79 Å². The third kappa shape index (κ3) is 8.05. The minimum atomic E-state index is -3.51. The Balaban J connectivity index is 1.50. The summed E-state index contributed by atoms with van der Waals surface area (Å²) < 4.78 is 29.4. The fourth-order valence-corrected chi connectivity index (χ4v) is 4.90. The van der Waals surface area contributed by atoms with E-state index in [0.29, 0.717) is 18.0 Å². The van der Waals surface area contributed by atoms with Crippen LogP contribution in [0, 0.1) is 0 Å². The molecule has 0 aliphatic carbocycles. The van der Waals surface area contributed by atoms with Gasteiger partial charge in [0.1, 0.15) is 12.4 Å². The predicted molar refractivity (Wildman–Crippen MR) is 150 cm³/mol. The molecule has 0 radical (unpaired) electrons. The number of likely N-dealkylation sites (N-methyl/N-ethyl adjacent to an activating group) is 1. The lowest BCUT2D eigenvalue weighted by atomic mass is 10.0. The molecule has 9 heteroatoms. The van der Waals surface area contributed by atoms with E-state index in [2.05, 4.69) is 27.3 Å². The number of sulfonamides is 1. The quantitative estimate of drug-likeness (QED) is 0.341. The highest BCUT2D eigenvalue weighted by molar-refractivity contribution is 7.88. The van der Waals surface area contributed by atoms with Crippen LogP contribution in [0.1, 0.15) is 35.6 Å². The molecule has 0 spiro atoms. The standard InChI is InChI=1S/C29H36N4O4S/c1-32(27(21-33-17-9-10-18-33)25-13-7-4-8-14-25)29(34)20-24-15-16-28(26(19-24)30-31-38(2,35)36)37-22-23-11-5-3-6-12-23/h3-8,11-16,19,27,30-31H,9-10,17-18,20-22H2,1-2H3/t27-/m1/s1. The molecule has 0 bridgehead atoms. The average Bonchev–Trinajstić information content (AvgIpc) is 3.43. The third-order valence-corrected chi connectivity index (χ3v) is 7.16. The molecule has 3 aromatic rings. The topological polar surface area (TPSA) is 91.0 Å². The molecule has 1 heterocycles.